The van der Waals surface area contributed by atoms with Crippen molar-refractivity contribution in [2.75, 3.05) is 5.32 Å². The maximum Gasteiger partial charge on any atom is 0.288 e. The van der Waals surface area contributed by atoms with Crippen LogP contribution < -0.4 is 5.32 Å². The van der Waals surface area contributed by atoms with E-state index in [0.717, 1.165) is 0 Å². The fraction of sp³-hybridized carbons (Fsp3) is 0.222. The predicted octanol–water partition coefficient (Wildman–Crippen LogP) is 3.30. The van der Waals surface area contributed by atoms with E-state index in [0.29, 0.717) is 11.3 Å². The van der Waals surface area contributed by atoms with Crippen molar-refractivity contribution in [1.29, 1.82) is 0 Å². The van der Waals surface area contributed by atoms with Crippen LogP contribution in [0, 0.1) is 17.0 Å². The van der Waals surface area contributed by atoms with Crippen molar-refractivity contribution >= 4 is 52.1 Å². The molecule has 0 heterocycles. The molecular weight excluding hydrogens is 290 g/mol. The van der Waals surface area contributed by atoms with Crippen LogP contribution in [0.4, 0.5) is 11.4 Å². The van der Waals surface area contributed by atoms with Crippen LogP contribution in [0.15, 0.2) is 12.1 Å². The molecule has 0 aromatic heterocycles. The predicted molar refractivity (Wildman–Crippen MR) is 67.0 cm³/mol. The van der Waals surface area contributed by atoms with Crippen molar-refractivity contribution in [2.24, 2.45) is 0 Å². The van der Waals surface area contributed by atoms with Gasteiger partial charge in [0, 0.05) is 11.8 Å². The molecule has 0 saturated heterocycles. The Hall–Kier alpha value is -1.04. The molecule has 92 valence electrons. The monoisotopic (exact) mass is 296 g/mol. The molecule has 0 atom stereocenters. The van der Waals surface area contributed by atoms with Crippen molar-refractivity contribution in [3.63, 3.8) is 0 Å². The maximum atomic E-state index is 11.2. The summed E-state index contributed by atoms with van der Waals surface area (Å²) in [4.78, 5) is 20.0. The Balaban J connectivity index is 3.08. The van der Waals surface area contributed by atoms with Gasteiger partial charge in [-0.25, -0.2) is 0 Å². The van der Waals surface area contributed by atoms with Crippen LogP contribution in [-0.2, 0) is 4.79 Å². The molecule has 8 heteroatoms. The van der Waals surface area contributed by atoms with Gasteiger partial charge in [-0.05, 0) is 18.6 Å². The Labute approximate surface area is 112 Å². The summed E-state index contributed by atoms with van der Waals surface area (Å²) in [6.45, 7) is 1.59. The average Bonchev–Trinajstić information content (AvgIpc) is 2.22. The summed E-state index contributed by atoms with van der Waals surface area (Å²) in [5.74, 6) is -0.624. The number of hydrogen-bond donors (Lipinski definition) is 1. The Kier molecular flexibility index (Phi) is 4.56. The van der Waals surface area contributed by atoms with Crippen LogP contribution in [0.25, 0.3) is 0 Å². The van der Waals surface area contributed by atoms with E-state index in [1.807, 2.05) is 0 Å². The number of halogens is 3. The number of nitrogens with one attached hydrogen (secondary N) is 1. The molecule has 0 aliphatic rings. The van der Waals surface area contributed by atoms with Crippen molar-refractivity contribution in [3.8, 4) is 0 Å². The van der Waals surface area contributed by atoms with Crippen molar-refractivity contribution in [1.82, 2.24) is 0 Å². The summed E-state index contributed by atoms with van der Waals surface area (Å²) in [7, 11) is 0. The van der Waals surface area contributed by atoms with Gasteiger partial charge in [-0.2, -0.15) is 0 Å². The van der Waals surface area contributed by atoms with Crippen LogP contribution in [0.1, 0.15) is 5.56 Å². The highest BCUT2D eigenvalue weighted by Crippen LogP contribution is 2.30. The van der Waals surface area contributed by atoms with Gasteiger partial charge in [0.25, 0.3) is 11.6 Å². The third kappa shape index (κ3) is 3.46. The summed E-state index contributed by atoms with van der Waals surface area (Å²) < 4.78 is 0. The first-order valence-corrected chi connectivity index (χ1v) is 5.61. The van der Waals surface area contributed by atoms with E-state index in [1.54, 1.807) is 6.92 Å². The lowest BCUT2D eigenvalue weighted by molar-refractivity contribution is -0.384. The summed E-state index contributed by atoms with van der Waals surface area (Å²) in [5, 5.41) is 12.9. The molecule has 1 aromatic rings. The number of anilines is 1. The average molecular weight is 298 g/mol. The van der Waals surface area contributed by atoms with E-state index in [-0.39, 0.29) is 10.7 Å². The molecular formula is C9H7Cl3N2O3. The Morgan fingerprint density at radius 1 is 1.47 bits per heavy atom. The summed E-state index contributed by atoms with van der Waals surface area (Å²) in [6.07, 6.45) is 0. The third-order valence-corrected chi connectivity index (χ3v) is 2.65. The second-order valence-electron chi connectivity index (χ2n) is 3.17. The Morgan fingerprint density at radius 2 is 2.06 bits per heavy atom. The van der Waals surface area contributed by atoms with E-state index in [4.69, 9.17) is 34.8 Å². The van der Waals surface area contributed by atoms with Gasteiger partial charge < -0.3 is 5.32 Å². The lowest BCUT2D eigenvalue weighted by Crippen LogP contribution is -2.19. The van der Waals surface area contributed by atoms with Gasteiger partial charge in [-0.15, -0.1) is 0 Å². The van der Waals surface area contributed by atoms with Gasteiger partial charge in [0.1, 0.15) is 5.02 Å². The highest BCUT2D eigenvalue weighted by molar-refractivity contribution is 6.54. The first-order chi connectivity index (χ1) is 7.82. The van der Waals surface area contributed by atoms with Crippen LogP contribution in [0.5, 0.6) is 0 Å². The van der Waals surface area contributed by atoms with E-state index in [1.165, 1.54) is 12.1 Å². The minimum absolute atomic E-state index is 0.0726. The van der Waals surface area contributed by atoms with Crippen molar-refractivity contribution in [3.05, 3.63) is 32.8 Å². The van der Waals surface area contributed by atoms with Crippen molar-refractivity contribution < 1.29 is 9.72 Å². The number of nitro benzene ring substituents is 1. The molecule has 0 unspecified atom stereocenters. The highest BCUT2D eigenvalue weighted by atomic mass is 35.5. The standard InChI is InChI=1S/C9H7Cl3N2O3/c1-4-2-7(14(16)17)5(10)3-6(4)13-9(15)8(11)12/h2-3,8H,1H3,(H,13,15). The summed E-state index contributed by atoms with van der Waals surface area (Å²) >= 11 is 16.4. The van der Waals surface area contributed by atoms with Gasteiger partial charge in [-0.1, -0.05) is 34.8 Å². The van der Waals surface area contributed by atoms with Gasteiger partial charge >= 0.3 is 0 Å². The quantitative estimate of drug-likeness (QED) is 0.528. The summed E-state index contributed by atoms with van der Waals surface area (Å²) in [5.41, 5.74) is 0.593. The number of hydrogen-bond acceptors (Lipinski definition) is 3. The van der Waals surface area contributed by atoms with Crippen LogP contribution >= 0.6 is 34.8 Å². The fourth-order valence-electron chi connectivity index (χ4n) is 1.13. The molecule has 1 amide bonds. The molecule has 1 rings (SSSR count). The van der Waals surface area contributed by atoms with Crippen LogP contribution in [0.2, 0.25) is 5.02 Å². The summed E-state index contributed by atoms with van der Waals surface area (Å²) in [6, 6.07) is 2.54. The minimum atomic E-state index is -1.22. The maximum absolute atomic E-state index is 11.2. The first-order valence-electron chi connectivity index (χ1n) is 4.36. The number of alkyl halides is 2. The second-order valence-corrected chi connectivity index (χ2v) is 4.67. The van der Waals surface area contributed by atoms with E-state index in [9.17, 15) is 14.9 Å². The lowest BCUT2D eigenvalue weighted by atomic mass is 10.2. The molecule has 5 nitrogen and oxygen atoms in total. The minimum Gasteiger partial charge on any atom is -0.323 e. The number of carbonyl (C=O) groups is 1. The van der Waals surface area contributed by atoms with Crippen molar-refractivity contribution in [2.45, 2.75) is 11.8 Å². The second kappa shape index (κ2) is 5.53. The number of nitro groups is 1. The third-order valence-electron chi connectivity index (χ3n) is 1.95. The molecule has 0 bridgehead atoms. The smallest absolute Gasteiger partial charge is 0.288 e. The molecule has 0 aliphatic carbocycles. The van der Waals surface area contributed by atoms with Gasteiger partial charge in [0.15, 0.2) is 4.84 Å². The number of benzene rings is 1. The Bertz CT molecular complexity index is 477. The van der Waals surface area contributed by atoms with E-state index < -0.39 is 15.7 Å². The molecule has 0 fully saturated rings. The fourth-order valence-corrected chi connectivity index (χ4v) is 1.47. The number of aryl methyl sites for hydroxylation is 1. The number of nitrogens with zero attached hydrogens (tertiary/aromatic N) is 1. The van der Waals surface area contributed by atoms with Crippen LogP contribution in [-0.4, -0.2) is 15.7 Å². The van der Waals surface area contributed by atoms with Gasteiger partial charge in [-0.3, -0.25) is 14.9 Å². The van der Waals surface area contributed by atoms with E-state index >= 15 is 0 Å². The van der Waals surface area contributed by atoms with Gasteiger partial charge in [0.2, 0.25) is 0 Å². The zero-order valence-electron chi connectivity index (χ0n) is 8.54. The first kappa shape index (κ1) is 14.0. The Morgan fingerprint density at radius 3 is 2.53 bits per heavy atom. The largest absolute Gasteiger partial charge is 0.323 e. The molecule has 0 spiro atoms. The lowest BCUT2D eigenvalue weighted by Gasteiger charge is -2.09. The SMILES string of the molecule is Cc1cc([N+](=O)[O-])c(Cl)cc1NC(=O)C(Cl)Cl. The zero-order valence-corrected chi connectivity index (χ0v) is 10.8. The number of amides is 1. The molecule has 1 aromatic carbocycles. The van der Waals surface area contributed by atoms with Gasteiger partial charge in [0.05, 0.1) is 4.92 Å². The topological polar surface area (TPSA) is 72.2 Å². The molecule has 0 saturated carbocycles. The normalized spacial score (nSPS) is 10.4. The molecule has 17 heavy (non-hydrogen) atoms. The molecule has 0 aliphatic heterocycles. The highest BCUT2D eigenvalue weighted by Gasteiger charge is 2.18. The van der Waals surface area contributed by atoms with Crippen LogP contribution in [0.3, 0.4) is 0 Å². The molecule has 1 N–H and O–H groups in total. The number of rotatable bonds is 3. The van der Waals surface area contributed by atoms with E-state index in [2.05, 4.69) is 5.32 Å². The number of carbonyl (C=O) groups excluding carboxylic acids is 1. The zero-order chi connectivity index (χ0) is 13.2. The molecule has 0 radical (unpaired) electrons.